The highest BCUT2D eigenvalue weighted by Gasteiger charge is 2.36. The number of ether oxygens (including phenoxy) is 1. The number of hydrogen-bond acceptors (Lipinski definition) is 5. The van der Waals surface area contributed by atoms with Crippen molar-refractivity contribution >= 4 is 58.2 Å². The van der Waals surface area contributed by atoms with Crippen LogP contribution < -0.4 is 15.0 Å². The standard InChI is InChI=1S/C20H15IN2O5/c1-2-17(24)28-16-6-4-3-5-12(16)11-15-18(25)22-20(27)23(19(15)26)14-9-7-13(21)8-10-14/h3-11H,2H2,1H3,(H,22,25,27)/b15-11-. The summed E-state index contributed by atoms with van der Waals surface area (Å²) in [6.07, 6.45) is 1.49. The first-order valence-corrected chi connectivity index (χ1v) is 9.45. The zero-order valence-electron chi connectivity index (χ0n) is 14.8. The van der Waals surface area contributed by atoms with Gasteiger partial charge in [0.25, 0.3) is 11.8 Å². The lowest BCUT2D eigenvalue weighted by molar-refractivity contribution is -0.134. The van der Waals surface area contributed by atoms with Crippen LogP contribution in [0.1, 0.15) is 18.9 Å². The molecule has 0 bridgehead atoms. The van der Waals surface area contributed by atoms with E-state index in [9.17, 15) is 19.2 Å². The number of nitrogens with zero attached hydrogens (tertiary/aromatic N) is 1. The first-order valence-electron chi connectivity index (χ1n) is 8.37. The van der Waals surface area contributed by atoms with Crippen LogP contribution in [0, 0.1) is 3.57 Å². The number of carbonyl (C=O) groups excluding carboxylic acids is 4. The van der Waals surface area contributed by atoms with E-state index in [1.165, 1.54) is 6.08 Å². The third kappa shape index (κ3) is 4.11. The fraction of sp³-hybridized carbons (Fsp3) is 0.100. The van der Waals surface area contributed by atoms with Crippen molar-refractivity contribution in [2.75, 3.05) is 4.90 Å². The molecule has 1 fully saturated rings. The normalized spacial score (nSPS) is 15.6. The van der Waals surface area contributed by atoms with Crippen LogP contribution in [0.25, 0.3) is 6.08 Å². The van der Waals surface area contributed by atoms with Crippen molar-refractivity contribution in [2.24, 2.45) is 0 Å². The van der Waals surface area contributed by atoms with Gasteiger partial charge in [0.2, 0.25) is 0 Å². The Morgan fingerprint density at radius 2 is 1.79 bits per heavy atom. The lowest BCUT2D eigenvalue weighted by Gasteiger charge is -2.26. The molecule has 1 saturated heterocycles. The summed E-state index contributed by atoms with van der Waals surface area (Å²) in [5, 5.41) is 2.16. The van der Waals surface area contributed by atoms with Crippen LogP contribution in [-0.2, 0) is 14.4 Å². The number of benzene rings is 2. The Hall–Kier alpha value is -3.01. The Morgan fingerprint density at radius 1 is 1.11 bits per heavy atom. The fourth-order valence-electron chi connectivity index (χ4n) is 2.53. The van der Waals surface area contributed by atoms with Gasteiger partial charge < -0.3 is 4.74 Å². The lowest BCUT2D eigenvalue weighted by atomic mass is 10.1. The van der Waals surface area contributed by atoms with Crippen LogP contribution in [0.3, 0.4) is 0 Å². The summed E-state index contributed by atoms with van der Waals surface area (Å²) in [6.45, 7) is 1.66. The zero-order valence-corrected chi connectivity index (χ0v) is 16.9. The molecule has 1 aliphatic rings. The highest BCUT2D eigenvalue weighted by molar-refractivity contribution is 14.1. The first kappa shape index (κ1) is 19.7. The summed E-state index contributed by atoms with van der Waals surface area (Å²) in [6, 6.07) is 12.4. The molecule has 0 radical (unpaired) electrons. The Morgan fingerprint density at radius 3 is 2.46 bits per heavy atom. The van der Waals surface area contributed by atoms with E-state index in [1.807, 2.05) is 0 Å². The van der Waals surface area contributed by atoms with E-state index in [2.05, 4.69) is 27.9 Å². The number of halogens is 1. The number of rotatable bonds is 4. The van der Waals surface area contributed by atoms with Crippen LogP contribution in [0.4, 0.5) is 10.5 Å². The van der Waals surface area contributed by atoms with E-state index in [0.29, 0.717) is 11.3 Å². The van der Waals surface area contributed by atoms with Gasteiger partial charge in [0.1, 0.15) is 11.3 Å². The van der Waals surface area contributed by atoms with Crippen molar-refractivity contribution in [2.45, 2.75) is 13.3 Å². The maximum atomic E-state index is 12.9. The molecule has 28 heavy (non-hydrogen) atoms. The molecule has 0 spiro atoms. The van der Waals surface area contributed by atoms with Crippen molar-refractivity contribution in [3.63, 3.8) is 0 Å². The van der Waals surface area contributed by atoms with Gasteiger partial charge in [0.05, 0.1) is 5.69 Å². The molecule has 1 aliphatic heterocycles. The molecular weight excluding hydrogens is 475 g/mol. The maximum absolute atomic E-state index is 12.9. The van der Waals surface area contributed by atoms with Crippen LogP contribution in [0.5, 0.6) is 5.75 Å². The van der Waals surface area contributed by atoms with Gasteiger partial charge in [0, 0.05) is 15.6 Å². The smallest absolute Gasteiger partial charge is 0.335 e. The molecule has 0 saturated carbocycles. The number of esters is 1. The highest BCUT2D eigenvalue weighted by atomic mass is 127. The Bertz CT molecular complexity index is 998. The third-order valence-electron chi connectivity index (χ3n) is 3.92. The summed E-state index contributed by atoms with van der Waals surface area (Å²) >= 11 is 2.11. The van der Waals surface area contributed by atoms with Crippen molar-refractivity contribution in [1.29, 1.82) is 0 Å². The molecule has 142 valence electrons. The molecule has 1 heterocycles. The molecule has 8 heteroatoms. The SMILES string of the molecule is CCC(=O)Oc1ccccc1/C=C1/C(=O)NC(=O)N(c2ccc(I)cc2)C1=O. The van der Waals surface area contributed by atoms with Crippen LogP contribution in [-0.4, -0.2) is 23.8 Å². The van der Waals surface area contributed by atoms with E-state index in [-0.39, 0.29) is 17.7 Å². The number of hydrogen-bond donors (Lipinski definition) is 1. The first-order chi connectivity index (χ1) is 13.4. The largest absolute Gasteiger partial charge is 0.426 e. The van der Waals surface area contributed by atoms with Crippen LogP contribution >= 0.6 is 22.6 Å². The minimum atomic E-state index is -0.820. The van der Waals surface area contributed by atoms with Crippen molar-refractivity contribution in [3.05, 3.63) is 63.2 Å². The maximum Gasteiger partial charge on any atom is 0.335 e. The number of nitrogens with one attached hydrogen (secondary N) is 1. The average Bonchev–Trinajstić information content (AvgIpc) is 2.67. The second-order valence-electron chi connectivity index (χ2n) is 5.80. The molecule has 7 nitrogen and oxygen atoms in total. The number of barbiturate groups is 1. The van der Waals surface area contributed by atoms with Gasteiger partial charge in [0.15, 0.2) is 0 Å². The number of carbonyl (C=O) groups is 4. The van der Waals surface area contributed by atoms with E-state index in [4.69, 9.17) is 4.74 Å². The predicted octanol–water partition coefficient (Wildman–Crippen LogP) is 3.27. The quantitative estimate of drug-likeness (QED) is 0.234. The summed E-state index contributed by atoms with van der Waals surface area (Å²) in [5.74, 6) is -1.79. The van der Waals surface area contributed by atoms with E-state index >= 15 is 0 Å². The lowest BCUT2D eigenvalue weighted by Crippen LogP contribution is -2.54. The van der Waals surface area contributed by atoms with E-state index < -0.39 is 23.8 Å². The summed E-state index contributed by atoms with van der Waals surface area (Å²) < 4.78 is 6.18. The molecule has 3 rings (SSSR count). The zero-order chi connectivity index (χ0) is 20.3. The molecule has 4 amide bonds. The van der Waals surface area contributed by atoms with Gasteiger partial charge in [-0.3, -0.25) is 19.7 Å². The van der Waals surface area contributed by atoms with Gasteiger partial charge in [-0.15, -0.1) is 0 Å². The van der Waals surface area contributed by atoms with Gasteiger partial charge in [-0.05, 0) is 59.0 Å². The topological polar surface area (TPSA) is 92.8 Å². The number of imide groups is 2. The minimum absolute atomic E-state index is 0.180. The Balaban J connectivity index is 2.00. The number of amides is 4. The molecule has 0 aromatic heterocycles. The number of anilines is 1. The number of para-hydroxylation sites is 1. The summed E-state index contributed by atoms with van der Waals surface area (Å²) in [4.78, 5) is 49.9. The molecular formula is C20H15IN2O5. The molecule has 0 atom stereocenters. The van der Waals surface area contributed by atoms with E-state index in [1.54, 1.807) is 55.5 Å². The fourth-order valence-corrected chi connectivity index (χ4v) is 2.88. The highest BCUT2D eigenvalue weighted by Crippen LogP contribution is 2.26. The molecule has 0 aliphatic carbocycles. The van der Waals surface area contributed by atoms with Gasteiger partial charge in [-0.2, -0.15) is 0 Å². The van der Waals surface area contributed by atoms with Crippen LogP contribution in [0.15, 0.2) is 54.1 Å². The van der Waals surface area contributed by atoms with Crippen molar-refractivity contribution in [1.82, 2.24) is 5.32 Å². The average molecular weight is 490 g/mol. The van der Waals surface area contributed by atoms with Crippen molar-refractivity contribution in [3.8, 4) is 5.75 Å². The third-order valence-corrected chi connectivity index (χ3v) is 4.64. The van der Waals surface area contributed by atoms with Crippen LogP contribution in [0.2, 0.25) is 0 Å². The Kier molecular flexibility index (Phi) is 5.88. The second-order valence-corrected chi connectivity index (χ2v) is 7.05. The summed E-state index contributed by atoms with van der Waals surface area (Å²) in [7, 11) is 0. The summed E-state index contributed by atoms with van der Waals surface area (Å²) in [5.41, 5.74) is 0.477. The van der Waals surface area contributed by atoms with Gasteiger partial charge in [-0.25, -0.2) is 9.69 Å². The van der Waals surface area contributed by atoms with Gasteiger partial charge >= 0.3 is 12.0 Å². The molecule has 1 N–H and O–H groups in total. The Labute approximate surface area is 174 Å². The molecule has 2 aromatic carbocycles. The van der Waals surface area contributed by atoms with Gasteiger partial charge in [-0.1, -0.05) is 25.1 Å². The predicted molar refractivity (Wildman–Crippen MR) is 111 cm³/mol. The van der Waals surface area contributed by atoms with E-state index in [0.717, 1.165) is 8.47 Å². The minimum Gasteiger partial charge on any atom is -0.426 e. The van der Waals surface area contributed by atoms with Crippen molar-refractivity contribution < 1.29 is 23.9 Å². The number of urea groups is 1. The molecule has 0 unspecified atom stereocenters. The second kappa shape index (κ2) is 8.34. The monoisotopic (exact) mass is 490 g/mol. The molecule has 2 aromatic rings.